The lowest BCUT2D eigenvalue weighted by Gasteiger charge is -2.04. The van der Waals surface area contributed by atoms with Gasteiger partial charge in [-0.25, -0.2) is 9.78 Å². The van der Waals surface area contributed by atoms with E-state index in [-0.39, 0.29) is 0 Å². The van der Waals surface area contributed by atoms with Gasteiger partial charge < -0.3 is 9.67 Å². The van der Waals surface area contributed by atoms with Gasteiger partial charge in [0.1, 0.15) is 0 Å². The molecule has 0 amide bonds. The minimum atomic E-state index is -0.929. The largest absolute Gasteiger partial charge is 0.478 e. The summed E-state index contributed by atoms with van der Waals surface area (Å²) < 4.78 is 2.07. The van der Waals surface area contributed by atoms with E-state index in [1.165, 1.54) is 0 Å². The molecule has 0 saturated heterocycles. The molecule has 0 aliphatic heterocycles. The molecule has 0 bridgehead atoms. The van der Waals surface area contributed by atoms with E-state index in [1.54, 1.807) is 17.4 Å². The summed E-state index contributed by atoms with van der Waals surface area (Å²) in [5, 5.41) is 10.6. The number of hydrogen-bond donors (Lipinski definition) is 1. The molecular weight excluding hydrogens is 248 g/mol. The third-order valence-corrected chi connectivity index (χ3v) is 3.77. The Morgan fingerprint density at radius 1 is 1.56 bits per heavy atom. The number of imidazole rings is 1. The third-order valence-electron chi connectivity index (χ3n) is 2.84. The Kier molecular flexibility index (Phi) is 3.62. The number of carboxylic acids is 1. The minimum absolute atomic E-state index is 0.726. The van der Waals surface area contributed by atoms with Crippen LogP contribution in [-0.2, 0) is 11.3 Å². The van der Waals surface area contributed by atoms with Crippen LogP contribution in [0.1, 0.15) is 21.8 Å². The predicted octanol–water partition coefficient (Wildman–Crippen LogP) is 2.71. The molecule has 0 saturated carbocycles. The van der Waals surface area contributed by atoms with Crippen molar-refractivity contribution in [1.29, 1.82) is 0 Å². The Morgan fingerprint density at radius 3 is 2.94 bits per heavy atom. The average Bonchev–Trinajstić information content (AvgIpc) is 2.88. The smallest absolute Gasteiger partial charge is 0.328 e. The average molecular weight is 262 g/mol. The van der Waals surface area contributed by atoms with Crippen molar-refractivity contribution in [3.05, 3.63) is 45.7 Å². The van der Waals surface area contributed by atoms with E-state index < -0.39 is 5.97 Å². The molecule has 2 aromatic rings. The van der Waals surface area contributed by atoms with Gasteiger partial charge in [-0.15, -0.1) is 11.3 Å². The molecule has 0 unspecified atom stereocenters. The van der Waals surface area contributed by atoms with Gasteiger partial charge in [-0.1, -0.05) is 0 Å². The lowest BCUT2D eigenvalue weighted by Crippen LogP contribution is -2.00. The molecule has 4 nitrogen and oxygen atoms in total. The second-order valence-electron chi connectivity index (χ2n) is 4.01. The maximum atomic E-state index is 10.5. The normalized spacial score (nSPS) is 11.2. The second kappa shape index (κ2) is 5.18. The van der Waals surface area contributed by atoms with Gasteiger partial charge in [0, 0.05) is 16.6 Å². The maximum absolute atomic E-state index is 10.5. The number of hydrogen-bond acceptors (Lipinski definition) is 3. The first kappa shape index (κ1) is 12.6. The number of nitrogens with zero attached hydrogens (tertiary/aromatic N) is 2. The van der Waals surface area contributed by atoms with Crippen molar-refractivity contribution in [2.75, 3.05) is 0 Å². The highest BCUT2D eigenvalue weighted by molar-refractivity contribution is 7.10. The van der Waals surface area contributed by atoms with E-state index in [0.717, 1.165) is 34.4 Å². The van der Waals surface area contributed by atoms with Gasteiger partial charge in [-0.3, -0.25) is 0 Å². The van der Waals surface area contributed by atoms with E-state index in [0.29, 0.717) is 0 Å². The van der Waals surface area contributed by atoms with Gasteiger partial charge in [-0.05, 0) is 36.9 Å². The van der Waals surface area contributed by atoms with Crippen LogP contribution < -0.4 is 0 Å². The first-order valence-corrected chi connectivity index (χ1v) is 6.41. The fraction of sp³-hybridized carbons (Fsp3) is 0.231. The van der Waals surface area contributed by atoms with Crippen LogP contribution in [0, 0.1) is 13.8 Å². The second-order valence-corrected chi connectivity index (χ2v) is 5.01. The molecule has 0 aromatic carbocycles. The van der Waals surface area contributed by atoms with Crippen molar-refractivity contribution >= 4 is 23.4 Å². The Bertz CT molecular complexity index is 596. The highest BCUT2D eigenvalue weighted by atomic mass is 32.1. The van der Waals surface area contributed by atoms with Crippen LogP contribution >= 0.6 is 11.3 Å². The highest BCUT2D eigenvalue weighted by Gasteiger charge is 2.06. The number of aryl methyl sites for hydroxylation is 1. The SMILES string of the molecule is Cc1ncn(Cc2sccc2C=CC(=O)O)c1C. The molecule has 2 aromatic heterocycles. The first-order valence-electron chi connectivity index (χ1n) is 5.53. The summed E-state index contributed by atoms with van der Waals surface area (Å²) >= 11 is 1.62. The summed E-state index contributed by atoms with van der Waals surface area (Å²) in [4.78, 5) is 15.9. The molecule has 0 spiro atoms. The molecule has 94 valence electrons. The Morgan fingerprint density at radius 2 is 2.33 bits per heavy atom. The maximum Gasteiger partial charge on any atom is 0.328 e. The molecule has 0 radical (unpaired) electrons. The summed E-state index contributed by atoms with van der Waals surface area (Å²) in [5.41, 5.74) is 3.11. The van der Waals surface area contributed by atoms with Crippen molar-refractivity contribution in [1.82, 2.24) is 9.55 Å². The fourth-order valence-electron chi connectivity index (χ4n) is 1.65. The predicted molar refractivity (Wildman–Crippen MR) is 71.8 cm³/mol. The van der Waals surface area contributed by atoms with Gasteiger partial charge in [0.2, 0.25) is 0 Å². The summed E-state index contributed by atoms with van der Waals surface area (Å²) in [5.74, 6) is -0.929. The van der Waals surface area contributed by atoms with Crippen LogP contribution in [0.4, 0.5) is 0 Å². The van der Waals surface area contributed by atoms with Crippen LogP contribution in [-0.4, -0.2) is 20.6 Å². The molecule has 0 aliphatic carbocycles. The van der Waals surface area contributed by atoms with E-state index >= 15 is 0 Å². The summed E-state index contributed by atoms with van der Waals surface area (Å²) in [6.45, 7) is 4.73. The van der Waals surface area contributed by atoms with Gasteiger partial charge in [-0.2, -0.15) is 0 Å². The van der Waals surface area contributed by atoms with Gasteiger partial charge in [0.25, 0.3) is 0 Å². The summed E-state index contributed by atoms with van der Waals surface area (Å²) in [6.07, 6.45) is 4.61. The number of rotatable bonds is 4. The van der Waals surface area contributed by atoms with E-state index in [2.05, 4.69) is 9.55 Å². The molecule has 2 rings (SSSR count). The molecule has 2 heterocycles. The lowest BCUT2D eigenvalue weighted by molar-refractivity contribution is -0.131. The quantitative estimate of drug-likeness (QED) is 0.862. The molecular formula is C13H14N2O2S. The zero-order chi connectivity index (χ0) is 13.1. The zero-order valence-electron chi connectivity index (χ0n) is 10.3. The van der Waals surface area contributed by atoms with Gasteiger partial charge >= 0.3 is 5.97 Å². The van der Waals surface area contributed by atoms with Crippen LogP contribution in [0.2, 0.25) is 0 Å². The topological polar surface area (TPSA) is 55.1 Å². The van der Waals surface area contributed by atoms with Crippen LogP contribution in [0.15, 0.2) is 23.8 Å². The summed E-state index contributed by atoms with van der Waals surface area (Å²) in [6, 6.07) is 1.93. The molecule has 0 fully saturated rings. The van der Waals surface area contributed by atoms with E-state index in [4.69, 9.17) is 5.11 Å². The summed E-state index contributed by atoms with van der Waals surface area (Å²) in [7, 11) is 0. The Hall–Kier alpha value is -1.88. The minimum Gasteiger partial charge on any atom is -0.478 e. The zero-order valence-corrected chi connectivity index (χ0v) is 11.1. The standard InChI is InChI=1S/C13H14N2O2S/c1-9-10(2)15(8-14-9)7-12-11(5-6-18-12)3-4-13(16)17/h3-6,8H,7H2,1-2H3,(H,16,17). The molecule has 5 heteroatoms. The van der Waals surface area contributed by atoms with Gasteiger partial charge in [0.05, 0.1) is 18.6 Å². The van der Waals surface area contributed by atoms with Crippen LogP contribution in [0.25, 0.3) is 6.08 Å². The lowest BCUT2D eigenvalue weighted by atomic mass is 10.2. The Labute approximate surface area is 109 Å². The fourth-order valence-corrected chi connectivity index (χ4v) is 2.51. The number of aromatic nitrogens is 2. The van der Waals surface area contributed by atoms with Crippen molar-refractivity contribution in [3.63, 3.8) is 0 Å². The first-order chi connectivity index (χ1) is 8.58. The van der Waals surface area contributed by atoms with Gasteiger partial charge in [0.15, 0.2) is 0 Å². The molecule has 1 N–H and O–H groups in total. The van der Waals surface area contributed by atoms with Crippen LogP contribution in [0.5, 0.6) is 0 Å². The highest BCUT2D eigenvalue weighted by Crippen LogP contribution is 2.20. The van der Waals surface area contributed by atoms with E-state index in [1.807, 2.05) is 31.6 Å². The van der Waals surface area contributed by atoms with Crippen molar-refractivity contribution in [3.8, 4) is 0 Å². The molecule has 0 aliphatic rings. The van der Waals surface area contributed by atoms with Crippen LogP contribution in [0.3, 0.4) is 0 Å². The third kappa shape index (κ3) is 2.68. The number of carboxylic acid groups (broad SMARTS) is 1. The number of thiophene rings is 1. The number of aliphatic carboxylic acids is 1. The number of carbonyl (C=O) groups is 1. The molecule has 0 atom stereocenters. The van der Waals surface area contributed by atoms with Crippen molar-refractivity contribution in [2.45, 2.75) is 20.4 Å². The van der Waals surface area contributed by atoms with Crippen molar-refractivity contribution < 1.29 is 9.90 Å². The Balaban J connectivity index is 2.22. The van der Waals surface area contributed by atoms with E-state index in [9.17, 15) is 4.79 Å². The molecule has 18 heavy (non-hydrogen) atoms. The van der Waals surface area contributed by atoms with Crippen molar-refractivity contribution in [2.24, 2.45) is 0 Å². The monoisotopic (exact) mass is 262 g/mol.